The van der Waals surface area contributed by atoms with Crippen molar-refractivity contribution in [3.63, 3.8) is 0 Å². The summed E-state index contributed by atoms with van der Waals surface area (Å²) in [6.07, 6.45) is -0.282. The summed E-state index contributed by atoms with van der Waals surface area (Å²) in [4.78, 5) is 17.9. The Bertz CT molecular complexity index is 551. The van der Waals surface area contributed by atoms with Crippen molar-refractivity contribution in [3.05, 3.63) is 35.4 Å². The molecule has 3 N–H and O–H groups in total. The number of benzene rings is 1. The van der Waals surface area contributed by atoms with Crippen LogP contribution in [0.2, 0.25) is 0 Å². The zero-order valence-corrected chi connectivity index (χ0v) is 11.6. The minimum Gasteiger partial charge on any atom is -0.382 e. The van der Waals surface area contributed by atoms with Gasteiger partial charge in [-0.05, 0) is 12.5 Å². The fourth-order valence-corrected chi connectivity index (χ4v) is 1.90. The van der Waals surface area contributed by atoms with Crippen LogP contribution in [0, 0.1) is 5.41 Å². The molecule has 0 saturated carbocycles. The van der Waals surface area contributed by atoms with Gasteiger partial charge >= 0.3 is 0 Å². The predicted molar refractivity (Wildman–Crippen MR) is 76.8 cm³/mol. The van der Waals surface area contributed by atoms with Gasteiger partial charge in [0.25, 0.3) is 5.91 Å². The van der Waals surface area contributed by atoms with Crippen molar-refractivity contribution in [3.8, 4) is 0 Å². The first-order valence-corrected chi connectivity index (χ1v) is 6.45. The van der Waals surface area contributed by atoms with Gasteiger partial charge in [-0.15, -0.1) is 0 Å². The number of carbonyl (C=O) groups excluding carboxylic acids is 1. The zero-order chi connectivity index (χ0) is 14.7. The van der Waals surface area contributed by atoms with Crippen molar-refractivity contribution in [1.29, 1.82) is 5.41 Å². The van der Waals surface area contributed by atoms with Crippen LogP contribution in [0.15, 0.2) is 29.4 Å². The molecule has 6 nitrogen and oxygen atoms in total. The van der Waals surface area contributed by atoms with Gasteiger partial charge in [0, 0.05) is 25.6 Å². The van der Waals surface area contributed by atoms with Crippen molar-refractivity contribution in [1.82, 2.24) is 4.90 Å². The molecule has 0 aromatic heterocycles. The largest absolute Gasteiger partial charge is 0.382 e. The number of oxime groups is 1. The summed E-state index contributed by atoms with van der Waals surface area (Å²) in [6, 6.07) is 7.48. The fraction of sp³-hybridized carbons (Fsp3) is 0.357. The number of nitrogens with one attached hydrogen (secondary N) is 1. The van der Waals surface area contributed by atoms with E-state index in [4.69, 9.17) is 16.0 Å². The number of nitrogens with zero attached hydrogens (tertiary/aromatic N) is 2. The first kappa shape index (κ1) is 14.0. The van der Waals surface area contributed by atoms with E-state index in [-0.39, 0.29) is 0 Å². The second-order valence-electron chi connectivity index (χ2n) is 4.68. The number of primary amides is 1. The summed E-state index contributed by atoms with van der Waals surface area (Å²) in [7, 11) is 1.88. The zero-order valence-electron chi connectivity index (χ0n) is 11.6. The summed E-state index contributed by atoms with van der Waals surface area (Å²) in [6.45, 7) is 2.78. The van der Waals surface area contributed by atoms with Gasteiger partial charge in [0.1, 0.15) is 5.84 Å². The van der Waals surface area contributed by atoms with E-state index in [1.54, 1.807) is 0 Å². The topological polar surface area (TPSA) is 91.8 Å². The maximum atomic E-state index is 11.0. The molecule has 0 fully saturated rings. The summed E-state index contributed by atoms with van der Waals surface area (Å²) in [5, 5.41) is 11.9. The molecule has 2 rings (SSSR count). The average Bonchev–Trinajstić information content (AvgIpc) is 2.96. The summed E-state index contributed by atoms with van der Waals surface area (Å²) in [5.41, 5.74) is 7.60. The molecule has 1 heterocycles. The minimum absolute atomic E-state index is 0.390. The third-order valence-electron chi connectivity index (χ3n) is 3.33. The lowest BCUT2D eigenvalue weighted by atomic mass is 10.0. The first-order valence-electron chi connectivity index (χ1n) is 6.45. The third-order valence-corrected chi connectivity index (χ3v) is 3.33. The quantitative estimate of drug-likeness (QED) is 0.632. The highest BCUT2D eigenvalue weighted by atomic mass is 16.6. The van der Waals surface area contributed by atoms with Crippen LogP contribution in [0.3, 0.4) is 0 Å². The Morgan fingerprint density at radius 3 is 2.65 bits per heavy atom. The van der Waals surface area contributed by atoms with Gasteiger partial charge in [0.2, 0.25) is 6.10 Å². The molecule has 1 aliphatic heterocycles. The summed E-state index contributed by atoms with van der Waals surface area (Å²) in [5.74, 6) is -0.0367. The number of hydrogen-bond donors (Lipinski definition) is 2. The average molecular weight is 274 g/mol. The Labute approximate surface area is 117 Å². The molecule has 1 aromatic rings. The van der Waals surface area contributed by atoms with Gasteiger partial charge in [-0.2, -0.15) is 0 Å². The van der Waals surface area contributed by atoms with Crippen LogP contribution >= 0.6 is 0 Å². The predicted octanol–water partition coefficient (Wildman–Crippen LogP) is 0.942. The standard InChI is InChI=1S/C14H18N4O2/c1-3-18(2)13(15)10-6-4-9(5-7-10)11-8-12(14(16)19)20-17-11/h4-7,12,15H,3,8H2,1-2H3,(H2,16,19). The molecule has 0 bridgehead atoms. The van der Waals surface area contributed by atoms with Crippen molar-refractivity contribution in [2.75, 3.05) is 13.6 Å². The van der Waals surface area contributed by atoms with Crippen molar-refractivity contribution < 1.29 is 9.63 Å². The first-order chi connectivity index (χ1) is 9.52. The molecular formula is C14H18N4O2. The molecule has 0 spiro atoms. The van der Waals surface area contributed by atoms with Crippen LogP contribution in [0.4, 0.5) is 0 Å². The maximum Gasteiger partial charge on any atom is 0.261 e. The van der Waals surface area contributed by atoms with Crippen LogP contribution in [0.25, 0.3) is 0 Å². The number of amides is 1. The Kier molecular flexibility index (Phi) is 4.02. The molecule has 1 amide bonds. The molecule has 106 valence electrons. The fourth-order valence-electron chi connectivity index (χ4n) is 1.90. The number of carbonyl (C=O) groups is 1. The van der Waals surface area contributed by atoms with E-state index in [0.717, 1.165) is 17.7 Å². The van der Waals surface area contributed by atoms with Gasteiger partial charge in [-0.3, -0.25) is 10.2 Å². The molecular weight excluding hydrogens is 256 g/mol. The maximum absolute atomic E-state index is 11.0. The van der Waals surface area contributed by atoms with Crippen LogP contribution in [0.1, 0.15) is 24.5 Å². The summed E-state index contributed by atoms with van der Waals surface area (Å²) >= 11 is 0. The lowest BCUT2D eigenvalue weighted by molar-refractivity contribution is -0.127. The highest BCUT2D eigenvalue weighted by molar-refractivity contribution is 6.04. The van der Waals surface area contributed by atoms with E-state index in [1.807, 2.05) is 43.1 Å². The van der Waals surface area contributed by atoms with Gasteiger partial charge < -0.3 is 15.5 Å². The van der Waals surface area contributed by atoms with E-state index >= 15 is 0 Å². The third kappa shape index (κ3) is 2.79. The second-order valence-corrected chi connectivity index (χ2v) is 4.68. The van der Waals surface area contributed by atoms with E-state index in [9.17, 15) is 4.79 Å². The Balaban J connectivity index is 2.10. The van der Waals surface area contributed by atoms with Gasteiger partial charge in [-0.1, -0.05) is 29.4 Å². The SMILES string of the molecule is CCN(C)C(=N)c1ccc(C2=NOC(C(N)=O)C2)cc1. The monoisotopic (exact) mass is 274 g/mol. The van der Waals surface area contributed by atoms with Crippen LogP contribution in [0.5, 0.6) is 0 Å². The number of nitrogens with two attached hydrogens (primary N) is 1. The summed E-state index contributed by atoms with van der Waals surface area (Å²) < 4.78 is 0. The van der Waals surface area contributed by atoms with E-state index in [0.29, 0.717) is 18.0 Å². The van der Waals surface area contributed by atoms with Gasteiger partial charge in [0.15, 0.2) is 0 Å². The molecule has 6 heteroatoms. The number of hydrogen-bond acceptors (Lipinski definition) is 4. The Hall–Kier alpha value is -2.37. The Morgan fingerprint density at radius 2 is 2.15 bits per heavy atom. The van der Waals surface area contributed by atoms with E-state index in [2.05, 4.69) is 5.16 Å². The lowest BCUT2D eigenvalue weighted by Crippen LogP contribution is -2.28. The highest BCUT2D eigenvalue weighted by Gasteiger charge is 2.26. The van der Waals surface area contributed by atoms with Crippen molar-refractivity contribution in [2.45, 2.75) is 19.4 Å². The van der Waals surface area contributed by atoms with Crippen molar-refractivity contribution in [2.24, 2.45) is 10.9 Å². The molecule has 1 aromatic carbocycles. The van der Waals surface area contributed by atoms with Gasteiger partial charge in [-0.25, -0.2) is 0 Å². The number of amidine groups is 1. The molecule has 0 saturated heterocycles. The molecule has 1 atom stereocenters. The van der Waals surface area contributed by atoms with E-state index in [1.165, 1.54) is 0 Å². The second kappa shape index (κ2) is 5.73. The smallest absolute Gasteiger partial charge is 0.261 e. The number of rotatable bonds is 4. The molecule has 20 heavy (non-hydrogen) atoms. The van der Waals surface area contributed by atoms with Crippen LogP contribution in [-0.4, -0.2) is 42.1 Å². The van der Waals surface area contributed by atoms with Crippen LogP contribution < -0.4 is 5.73 Å². The Morgan fingerprint density at radius 1 is 1.50 bits per heavy atom. The lowest BCUT2D eigenvalue weighted by Gasteiger charge is -2.17. The molecule has 1 aliphatic rings. The highest BCUT2D eigenvalue weighted by Crippen LogP contribution is 2.17. The molecule has 0 aliphatic carbocycles. The normalized spacial score (nSPS) is 17.3. The molecule has 1 unspecified atom stereocenters. The van der Waals surface area contributed by atoms with Crippen LogP contribution in [-0.2, 0) is 9.63 Å². The van der Waals surface area contributed by atoms with E-state index < -0.39 is 12.0 Å². The minimum atomic E-state index is -0.672. The van der Waals surface area contributed by atoms with Gasteiger partial charge in [0.05, 0.1) is 5.71 Å². The van der Waals surface area contributed by atoms with Crippen molar-refractivity contribution >= 4 is 17.5 Å². The molecule has 0 radical (unpaired) electrons.